The van der Waals surface area contributed by atoms with Crippen molar-refractivity contribution in [1.29, 1.82) is 0 Å². The Labute approximate surface area is 129 Å². The van der Waals surface area contributed by atoms with E-state index in [0.717, 1.165) is 14.0 Å². The molecule has 126 valence electrons. The Morgan fingerprint density at radius 3 is 2.45 bits per heavy atom. The summed E-state index contributed by atoms with van der Waals surface area (Å²) in [6, 6.07) is -1.23. The summed E-state index contributed by atoms with van der Waals surface area (Å²) in [7, 11) is 1.07. The van der Waals surface area contributed by atoms with Gasteiger partial charge in [0.25, 0.3) is 0 Å². The summed E-state index contributed by atoms with van der Waals surface area (Å²) in [5, 5.41) is -0.530. The van der Waals surface area contributed by atoms with Gasteiger partial charge in [0.1, 0.15) is 12.6 Å². The van der Waals surface area contributed by atoms with Crippen LogP contribution in [0.2, 0.25) is 0 Å². The quantitative estimate of drug-likeness (QED) is 0.714. The lowest BCUT2D eigenvalue weighted by Gasteiger charge is -2.27. The number of amides is 1. The van der Waals surface area contributed by atoms with Crippen LogP contribution >= 0.6 is 11.8 Å². The Hall–Kier alpha value is -1.29. The minimum Gasteiger partial charge on any atom is -0.467 e. The fraction of sp³-hybridized carbons (Fsp3) is 0.750. The zero-order chi connectivity index (χ0) is 17.1. The molecule has 1 unspecified atom stereocenters. The van der Waals surface area contributed by atoms with Crippen molar-refractivity contribution < 1.29 is 37.0 Å². The molecule has 1 amide bonds. The van der Waals surface area contributed by atoms with E-state index in [1.807, 2.05) is 0 Å². The second-order valence-corrected chi connectivity index (χ2v) is 5.87. The molecule has 1 fully saturated rings. The topological polar surface area (TPSA) is 72.9 Å². The van der Waals surface area contributed by atoms with Crippen molar-refractivity contribution in [2.24, 2.45) is 5.92 Å². The number of hydrogen-bond acceptors (Lipinski definition) is 6. The first-order chi connectivity index (χ1) is 10.1. The number of thioether (sulfide) groups is 1. The Kier molecular flexibility index (Phi) is 6.24. The number of halogens is 3. The molecule has 0 aromatic heterocycles. The molecule has 1 rings (SSSR count). The van der Waals surface area contributed by atoms with Gasteiger partial charge in [0.15, 0.2) is 11.2 Å². The van der Waals surface area contributed by atoms with Crippen LogP contribution in [-0.4, -0.2) is 59.8 Å². The van der Waals surface area contributed by atoms with Crippen molar-refractivity contribution in [3.63, 3.8) is 0 Å². The predicted octanol–water partition coefficient (Wildman–Crippen LogP) is 1.19. The number of alkyl halides is 3. The Morgan fingerprint density at radius 1 is 1.41 bits per heavy atom. The van der Waals surface area contributed by atoms with E-state index < -0.39 is 53.7 Å². The van der Waals surface area contributed by atoms with Crippen molar-refractivity contribution in [3.05, 3.63) is 0 Å². The van der Waals surface area contributed by atoms with Gasteiger partial charge in [-0.2, -0.15) is 13.2 Å². The molecule has 3 atom stereocenters. The molecule has 1 saturated heterocycles. The Morgan fingerprint density at radius 2 is 2.00 bits per heavy atom. The molecule has 10 heteroatoms. The number of hydrogen-bond donors (Lipinski definition) is 0. The summed E-state index contributed by atoms with van der Waals surface area (Å²) < 4.78 is 48.7. The van der Waals surface area contributed by atoms with Crippen molar-refractivity contribution in [1.82, 2.24) is 4.90 Å². The minimum absolute atomic E-state index is 0.406. The normalized spacial score (nSPS) is 23.3. The fourth-order valence-corrected chi connectivity index (χ4v) is 2.70. The molecular formula is C12H16F3NO5S. The Bertz CT molecular complexity index is 457. The van der Waals surface area contributed by atoms with E-state index in [-0.39, 0.29) is 0 Å². The summed E-state index contributed by atoms with van der Waals surface area (Å²) >= 11 is 0.406. The van der Waals surface area contributed by atoms with E-state index in [1.54, 1.807) is 0 Å². The lowest BCUT2D eigenvalue weighted by molar-refractivity contribution is -0.187. The molecule has 0 aromatic carbocycles. The molecule has 22 heavy (non-hydrogen) atoms. The van der Waals surface area contributed by atoms with E-state index in [2.05, 4.69) is 4.74 Å². The van der Waals surface area contributed by atoms with Gasteiger partial charge in [-0.25, -0.2) is 4.79 Å². The molecule has 1 heterocycles. The van der Waals surface area contributed by atoms with Crippen LogP contribution in [0.5, 0.6) is 0 Å². The van der Waals surface area contributed by atoms with Crippen LogP contribution in [0, 0.1) is 5.92 Å². The van der Waals surface area contributed by atoms with Crippen molar-refractivity contribution in [2.45, 2.75) is 32.2 Å². The second kappa shape index (κ2) is 7.32. The van der Waals surface area contributed by atoms with Crippen LogP contribution < -0.4 is 0 Å². The number of ether oxygens (including phenoxy) is 2. The number of esters is 1. The largest absolute Gasteiger partial charge is 0.467 e. The number of methoxy groups -OCH3 is 1. The molecule has 0 spiro atoms. The van der Waals surface area contributed by atoms with E-state index >= 15 is 0 Å². The Balaban J connectivity index is 2.97. The van der Waals surface area contributed by atoms with Gasteiger partial charge in [-0.1, -0.05) is 11.8 Å². The summed E-state index contributed by atoms with van der Waals surface area (Å²) in [6.07, 6.45) is -5.60. The molecule has 0 saturated carbocycles. The summed E-state index contributed by atoms with van der Waals surface area (Å²) in [6.45, 7) is 2.14. The van der Waals surface area contributed by atoms with Gasteiger partial charge in [0.05, 0.1) is 13.2 Å². The third-order valence-electron chi connectivity index (χ3n) is 3.13. The maximum atomic E-state index is 13.1. The van der Waals surface area contributed by atoms with Crippen molar-refractivity contribution in [2.75, 3.05) is 19.6 Å². The fourth-order valence-electron chi connectivity index (χ4n) is 1.97. The second-order valence-electron chi connectivity index (χ2n) is 4.67. The first-order valence-corrected chi connectivity index (χ1v) is 7.28. The molecule has 1 aliphatic heterocycles. The maximum Gasteiger partial charge on any atom is 0.401 e. The summed E-state index contributed by atoms with van der Waals surface area (Å²) in [4.78, 5) is 35.4. The zero-order valence-corrected chi connectivity index (χ0v) is 13.0. The third-order valence-corrected chi connectivity index (χ3v) is 4.04. The number of carbonyl (C=O) groups is 3. The molecule has 0 radical (unpaired) electrons. The summed E-state index contributed by atoms with van der Waals surface area (Å²) in [5.41, 5.74) is 0. The van der Waals surface area contributed by atoms with Crippen LogP contribution in [0.15, 0.2) is 0 Å². The average molecular weight is 343 g/mol. The van der Waals surface area contributed by atoms with Crippen LogP contribution in [0.1, 0.15) is 13.8 Å². The first kappa shape index (κ1) is 18.8. The number of carbonyl (C=O) groups excluding carboxylic acids is 3. The monoisotopic (exact) mass is 343 g/mol. The van der Waals surface area contributed by atoms with Crippen LogP contribution in [0.4, 0.5) is 13.2 Å². The highest BCUT2D eigenvalue weighted by Crippen LogP contribution is 2.33. The third kappa shape index (κ3) is 4.35. The van der Waals surface area contributed by atoms with E-state index in [1.165, 1.54) is 6.92 Å². The SMILES string of the molecule is COC(=O)[C@@H]1[C@@H](C)OCN1C(=O)C(CSC(C)=O)C(F)(F)F. The van der Waals surface area contributed by atoms with Gasteiger partial charge in [0.2, 0.25) is 5.91 Å². The molecular weight excluding hydrogens is 327 g/mol. The van der Waals surface area contributed by atoms with Crippen molar-refractivity contribution >= 4 is 28.8 Å². The highest BCUT2D eigenvalue weighted by molar-refractivity contribution is 8.13. The van der Waals surface area contributed by atoms with Gasteiger partial charge in [-0.15, -0.1) is 0 Å². The van der Waals surface area contributed by atoms with Crippen LogP contribution in [0.3, 0.4) is 0 Å². The van der Waals surface area contributed by atoms with Crippen LogP contribution in [0.25, 0.3) is 0 Å². The zero-order valence-electron chi connectivity index (χ0n) is 12.2. The van der Waals surface area contributed by atoms with Gasteiger partial charge in [-0.05, 0) is 6.92 Å². The van der Waals surface area contributed by atoms with Gasteiger partial charge >= 0.3 is 12.1 Å². The first-order valence-electron chi connectivity index (χ1n) is 6.29. The number of nitrogens with zero attached hydrogens (tertiary/aromatic N) is 1. The van der Waals surface area contributed by atoms with E-state index in [0.29, 0.717) is 16.7 Å². The molecule has 0 bridgehead atoms. The molecule has 0 aliphatic carbocycles. The highest BCUT2D eigenvalue weighted by atomic mass is 32.2. The summed E-state index contributed by atoms with van der Waals surface area (Å²) in [5.74, 6) is -5.28. The lowest BCUT2D eigenvalue weighted by Crippen LogP contribution is -2.50. The minimum atomic E-state index is -4.83. The van der Waals surface area contributed by atoms with E-state index in [9.17, 15) is 27.6 Å². The maximum absolute atomic E-state index is 13.1. The highest BCUT2D eigenvalue weighted by Gasteiger charge is 2.51. The average Bonchev–Trinajstić information content (AvgIpc) is 2.77. The predicted molar refractivity (Wildman–Crippen MR) is 70.7 cm³/mol. The van der Waals surface area contributed by atoms with Crippen LogP contribution in [-0.2, 0) is 23.9 Å². The lowest BCUT2D eigenvalue weighted by atomic mass is 10.1. The molecule has 6 nitrogen and oxygen atoms in total. The smallest absolute Gasteiger partial charge is 0.401 e. The van der Waals surface area contributed by atoms with E-state index in [4.69, 9.17) is 4.74 Å². The molecule has 0 N–H and O–H groups in total. The molecule has 1 aliphatic rings. The van der Waals surface area contributed by atoms with Gasteiger partial charge < -0.3 is 14.4 Å². The van der Waals surface area contributed by atoms with Gasteiger partial charge in [-0.3, -0.25) is 9.59 Å². The van der Waals surface area contributed by atoms with Gasteiger partial charge in [0, 0.05) is 12.7 Å². The van der Waals surface area contributed by atoms with Crippen molar-refractivity contribution in [3.8, 4) is 0 Å². The number of rotatable bonds is 4. The standard InChI is InChI=1S/C12H16F3NO5S/c1-6-9(11(19)20-3)16(5-21-6)10(18)8(12(13,14)15)4-22-7(2)17/h6,8-9H,4-5H2,1-3H3/t6-,8?,9+/m1/s1. The molecule has 0 aromatic rings.